The average molecular weight is 321 g/mol. The Morgan fingerprint density at radius 2 is 1.73 bits per heavy atom. The Morgan fingerprint density at radius 3 is 2.32 bits per heavy atom. The number of rotatable bonds is 4. The van der Waals surface area contributed by atoms with Crippen LogP contribution in [0.3, 0.4) is 0 Å². The van der Waals surface area contributed by atoms with Gasteiger partial charge in [-0.25, -0.2) is 12.8 Å². The first-order chi connectivity index (χ1) is 10.2. The molecular formula is C17H20FNO2S. The monoisotopic (exact) mass is 321 g/mol. The molecular weight excluding hydrogens is 301 g/mol. The number of aryl methyl sites for hydroxylation is 2. The summed E-state index contributed by atoms with van der Waals surface area (Å²) < 4.78 is 41.1. The topological polar surface area (TPSA) is 46.2 Å². The Hall–Kier alpha value is -1.88. The second kappa shape index (κ2) is 6.08. The van der Waals surface area contributed by atoms with Crippen molar-refractivity contribution in [1.82, 2.24) is 0 Å². The van der Waals surface area contributed by atoms with Crippen LogP contribution in [0.4, 0.5) is 10.1 Å². The van der Waals surface area contributed by atoms with Crippen LogP contribution in [0.15, 0.2) is 41.3 Å². The summed E-state index contributed by atoms with van der Waals surface area (Å²) in [6, 6.07) is 9.35. The van der Waals surface area contributed by atoms with Crippen molar-refractivity contribution in [2.45, 2.75) is 38.5 Å². The van der Waals surface area contributed by atoms with Crippen molar-refractivity contribution < 1.29 is 12.8 Å². The van der Waals surface area contributed by atoms with Gasteiger partial charge < -0.3 is 0 Å². The summed E-state index contributed by atoms with van der Waals surface area (Å²) in [5.74, 6) is -0.262. The van der Waals surface area contributed by atoms with Crippen LogP contribution in [-0.4, -0.2) is 8.42 Å². The molecule has 0 saturated heterocycles. The Kier molecular flexibility index (Phi) is 4.56. The summed E-state index contributed by atoms with van der Waals surface area (Å²) in [4.78, 5) is 0.0897. The lowest BCUT2D eigenvalue weighted by molar-refractivity contribution is 0.598. The minimum absolute atomic E-state index is 0.0897. The predicted octanol–water partition coefficient (Wildman–Crippen LogP) is 4.37. The van der Waals surface area contributed by atoms with Gasteiger partial charge >= 0.3 is 0 Å². The Balaban J connectivity index is 2.50. The normalized spacial score (nSPS) is 11.7. The number of hydrogen-bond acceptors (Lipinski definition) is 2. The van der Waals surface area contributed by atoms with Crippen molar-refractivity contribution in [2.75, 3.05) is 4.72 Å². The molecule has 0 aliphatic heterocycles. The first-order valence-corrected chi connectivity index (χ1v) is 8.59. The van der Waals surface area contributed by atoms with Crippen molar-refractivity contribution in [3.05, 3.63) is 58.9 Å². The van der Waals surface area contributed by atoms with Crippen molar-refractivity contribution in [3.63, 3.8) is 0 Å². The van der Waals surface area contributed by atoms with Gasteiger partial charge in [0.1, 0.15) is 5.82 Å². The van der Waals surface area contributed by atoms with E-state index in [1.807, 2.05) is 39.0 Å². The smallest absolute Gasteiger partial charge is 0.262 e. The van der Waals surface area contributed by atoms with Gasteiger partial charge in [-0.05, 0) is 54.7 Å². The summed E-state index contributed by atoms with van der Waals surface area (Å²) in [7, 11) is -3.76. The van der Waals surface area contributed by atoms with Gasteiger partial charge in [0.05, 0.1) is 10.6 Å². The van der Waals surface area contributed by atoms with E-state index in [1.165, 1.54) is 12.1 Å². The second-order valence-corrected chi connectivity index (χ2v) is 7.36. The Morgan fingerprint density at radius 1 is 1.05 bits per heavy atom. The SMILES string of the molecule is Cc1cc(F)ccc1S(=O)(=O)Nc1c(C)cccc1C(C)C. The lowest BCUT2D eigenvalue weighted by atomic mass is 9.99. The molecule has 0 heterocycles. The van der Waals surface area contributed by atoms with Gasteiger partial charge in [-0.15, -0.1) is 0 Å². The molecule has 2 aromatic carbocycles. The highest BCUT2D eigenvalue weighted by Crippen LogP contribution is 2.30. The lowest BCUT2D eigenvalue weighted by Gasteiger charge is -2.18. The van der Waals surface area contributed by atoms with Crippen LogP contribution >= 0.6 is 0 Å². The molecule has 0 fully saturated rings. The van der Waals surface area contributed by atoms with Gasteiger partial charge in [-0.1, -0.05) is 32.0 Å². The highest BCUT2D eigenvalue weighted by atomic mass is 32.2. The maximum Gasteiger partial charge on any atom is 0.262 e. The molecule has 0 spiro atoms. The number of halogens is 1. The summed E-state index contributed by atoms with van der Waals surface area (Å²) in [5.41, 5.74) is 2.77. The number of para-hydroxylation sites is 1. The summed E-state index contributed by atoms with van der Waals surface area (Å²) in [6.45, 7) is 7.46. The third-order valence-corrected chi connectivity index (χ3v) is 5.10. The van der Waals surface area contributed by atoms with Crippen molar-refractivity contribution >= 4 is 15.7 Å². The van der Waals surface area contributed by atoms with E-state index in [0.29, 0.717) is 11.3 Å². The van der Waals surface area contributed by atoms with Gasteiger partial charge in [-0.3, -0.25) is 4.72 Å². The molecule has 3 nitrogen and oxygen atoms in total. The van der Waals surface area contributed by atoms with Crippen LogP contribution in [0.25, 0.3) is 0 Å². The fraction of sp³-hybridized carbons (Fsp3) is 0.294. The number of benzene rings is 2. The molecule has 0 atom stereocenters. The first-order valence-electron chi connectivity index (χ1n) is 7.11. The second-order valence-electron chi connectivity index (χ2n) is 5.71. The molecule has 1 N–H and O–H groups in total. The highest BCUT2D eigenvalue weighted by Gasteiger charge is 2.20. The van der Waals surface area contributed by atoms with Crippen LogP contribution in [0.2, 0.25) is 0 Å². The molecule has 22 heavy (non-hydrogen) atoms. The first kappa shape index (κ1) is 16.5. The van der Waals surface area contributed by atoms with E-state index in [-0.39, 0.29) is 10.8 Å². The average Bonchev–Trinajstić information content (AvgIpc) is 2.40. The molecule has 0 aliphatic carbocycles. The zero-order valence-corrected chi connectivity index (χ0v) is 14.0. The van der Waals surface area contributed by atoms with Gasteiger partial charge in [0.25, 0.3) is 10.0 Å². The van der Waals surface area contributed by atoms with Crippen molar-refractivity contribution in [1.29, 1.82) is 0 Å². The van der Waals surface area contributed by atoms with E-state index in [4.69, 9.17) is 0 Å². The minimum Gasteiger partial charge on any atom is -0.279 e. The van der Waals surface area contributed by atoms with Crippen LogP contribution in [0, 0.1) is 19.7 Å². The van der Waals surface area contributed by atoms with Gasteiger partial charge in [0.2, 0.25) is 0 Å². The number of hydrogen-bond donors (Lipinski definition) is 1. The van der Waals surface area contributed by atoms with Crippen LogP contribution in [0.1, 0.15) is 36.5 Å². The molecule has 0 unspecified atom stereocenters. The van der Waals surface area contributed by atoms with Gasteiger partial charge in [0, 0.05) is 0 Å². The van der Waals surface area contributed by atoms with Crippen molar-refractivity contribution in [2.24, 2.45) is 0 Å². The molecule has 0 aliphatic rings. The maximum absolute atomic E-state index is 13.2. The van der Waals surface area contributed by atoms with Gasteiger partial charge in [0.15, 0.2) is 0 Å². The van der Waals surface area contributed by atoms with Gasteiger partial charge in [-0.2, -0.15) is 0 Å². The zero-order chi connectivity index (χ0) is 16.5. The molecule has 0 radical (unpaired) electrons. The standard InChI is InChI=1S/C17H20FNO2S/c1-11(2)15-7-5-6-12(3)17(15)19-22(20,21)16-9-8-14(18)10-13(16)4/h5-11,19H,1-4H3. The lowest BCUT2D eigenvalue weighted by Crippen LogP contribution is -2.16. The van der Waals surface area contributed by atoms with Crippen LogP contribution < -0.4 is 4.72 Å². The molecule has 0 bridgehead atoms. The Labute approximate surface area is 131 Å². The third-order valence-electron chi connectivity index (χ3n) is 3.59. The number of nitrogens with one attached hydrogen (secondary N) is 1. The van der Waals surface area contributed by atoms with E-state index in [1.54, 1.807) is 6.92 Å². The summed E-state index contributed by atoms with van der Waals surface area (Å²) in [5, 5.41) is 0. The summed E-state index contributed by atoms with van der Waals surface area (Å²) in [6.07, 6.45) is 0. The van der Waals surface area contributed by atoms with Crippen molar-refractivity contribution in [3.8, 4) is 0 Å². The summed E-state index contributed by atoms with van der Waals surface area (Å²) >= 11 is 0. The van der Waals surface area contributed by atoms with E-state index >= 15 is 0 Å². The molecule has 0 aromatic heterocycles. The van der Waals surface area contributed by atoms with E-state index in [9.17, 15) is 12.8 Å². The van der Waals surface area contributed by atoms with Crippen LogP contribution in [-0.2, 0) is 10.0 Å². The van der Waals surface area contributed by atoms with E-state index in [0.717, 1.165) is 17.2 Å². The molecule has 2 aromatic rings. The zero-order valence-electron chi connectivity index (χ0n) is 13.1. The Bertz CT molecular complexity index is 798. The maximum atomic E-state index is 13.2. The quantitative estimate of drug-likeness (QED) is 0.909. The molecule has 5 heteroatoms. The number of sulfonamides is 1. The molecule has 0 saturated carbocycles. The van der Waals surface area contributed by atoms with E-state index in [2.05, 4.69) is 4.72 Å². The molecule has 118 valence electrons. The third kappa shape index (κ3) is 3.30. The van der Waals surface area contributed by atoms with Crippen LogP contribution in [0.5, 0.6) is 0 Å². The predicted molar refractivity (Wildman–Crippen MR) is 87.2 cm³/mol. The fourth-order valence-corrected chi connectivity index (χ4v) is 3.80. The number of anilines is 1. The minimum atomic E-state index is -3.76. The van der Waals surface area contributed by atoms with E-state index < -0.39 is 15.8 Å². The largest absolute Gasteiger partial charge is 0.279 e. The highest BCUT2D eigenvalue weighted by molar-refractivity contribution is 7.92. The molecule has 0 amide bonds. The fourth-order valence-electron chi connectivity index (χ4n) is 2.41. The molecule has 2 rings (SSSR count).